The van der Waals surface area contributed by atoms with Crippen LogP contribution < -0.4 is 9.62 Å². The van der Waals surface area contributed by atoms with Gasteiger partial charge in [0.25, 0.3) is 0 Å². The molecule has 0 unspecified atom stereocenters. The Morgan fingerprint density at radius 2 is 1.94 bits per heavy atom. The minimum atomic E-state index is -3.45. The lowest BCUT2D eigenvalue weighted by Gasteiger charge is -2.17. The van der Waals surface area contributed by atoms with Gasteiger partial charge in [-0.05, 0) is 25.0 Å². The number of aromatic nitrogens is 1. The van der Waals surface area contributed by atoms with E-state index in [1.54, 1.807) is 12.3 Å². The number of pyridine rings is 1. The maximum Gasteiger partial charge on any atom is 0.301 e. The molecule has 6 nitrogen and oxygen atoms in total. The number of anilines is 2. The van der Waals surface area contributed by atoms with Gasteiger partial charge >= 0.3 is 10.2 Å². The van der Waals surface area contributed by atoms with Crippen molar-refractivity contribution in [3.63, 3.8) is 0 Å². The molecule has 0 aromatic carbocycles. The first-order valence-electron chi connectivity index (χ1n) is 5.90. The van der Waals surface area contributed by atoms with E-state index in [2.05, 4.69) is 14.6 Å². The van der Waals surface area contributed by atoms with E-state index in [0.717, 1.165) is 23.2 Å². The van der Waals surface area contributed by atoms with Gasteiger partial charge in [-0.15, -0.1) is 0 Å². The van der Waals surface area contributed by atoms with Gasteiger partial charge in [0.2, 0.25) is 0 Å². The Morgan fingerprint density at radius 1 is 1.28 bits per heavy atom. The van der Waals surface area contributed by atoms with E-state index in [-0.39, 0.29) is 0 Å². The van der Waals surface area contributed by atoms with Crippen LogP contribution in [0.2, 0.25) is 0 Å². The fraction of sp³-hybridized carbons (Fsp3) is 0.545. The molecule has 18 heavy (non-hydrogen) atoms. The molecular weight excluding hydrogens is 252 g/mol. The Labute approximate surface area is 108 Å². The summed E-state index contributed by atoms with van der Waals surface area (Å²) in [6.45, 7) is 2.05. The first-order valence-corrected chi connectivity index (χ1v) is 7.34. The number of hydrogen-bond donors (Lipinski definition) is 1. The summed E-state index contributed by atoms with van der Waals surface area (Å²) in [5, 5.41) is 0. The molecule has 100 valence electrons. The van der Waals surface area contributed by atoms with Gasteiger partial charge in [-0.1, -0.05) is 0 Å². The largest absolute Gasteiger partial charge is 0.357 e. The molecule has 1 aliphatic rings. The molecule has 0 amide bonds. The SMILES string of the molecule is CN(C)S(=O)(=O)Nc1ccc(N2CCCC2)nc1. The smallest absolute Gasteiger partial charge is 0.301 e. The van der Waals surface area contributed by atoms with Gasteiger partial charge in [0.1, 0.15) is 5.82 Å². The number of rotatable bonds is 4. The van der Waals surface area contributed by atoms with E-state index in [4.69, 9.17) is 0 Å². The van der Waals surface area contributed by atoms with Gasteiger partial charge in [-0.3, -0.25) is 4.72 Å². The molecule has 0 bridgehead atoms. The third kappa shape index (κ3) is 2.91. The molecule has 1 fully saturated rings. The third-order valence-electron chi connectivity index (χ3n) is 2.91. The van der Waals surface area contributed by atoms with Crippen LogP contribution in [0.25, 0.3) is 0 Å². The number of nitrogens with one attached hydrogen (secondary N) is 1. The van der Waals surface area contributed by atoms with Crippen molar-refractivity contribution in [1.29, 1.82) is 0 Å². The zero-order valence-electron chi connectivity index (χ0n) is 10.6. The van der Waals surface area contributed by atoms with Gasteiger partial charge in [0.15, 0.2) is 0 Å². The van der Waals surface area contributed by atoms with Gasteiger partial charge < -0.3 is 4.90 Å². The van der Waals surface area contributed by atoms with E-state index < -0.39 is 10.2 Å². The second kappa shape index (κ2) is 5.11. The molecule has 1 N–H and O–H groups in total. The van der Waals surface area contributed by atoms with Gasteiger partial charge in [-0.25, -0.2) is 4.98 Å². The fourth-order valence-corrected chi connectivity index (χ4v) is 2.42. The van der Waals surface area contributed by atoms with Crippen molar-refractivity contribution in [1.82, 2.24) is 9.29 Å². The standard InChI is InChI=1S/C11H18N4O2S/c1-14(2)18(16,17)13-10-5-6-11(12-9-10)15-7-3-4-8-15/h5-6,9,13H,3-4,7-8H2,1-2H3. The number of nitrogens with zero attached hydrogens (tertiary/aromatic N) is 3. The zero-order chi connectivity index (χ0) is 13.2. The average Bonchev–Trinajstić information content (AvgIpc) is 2.83. The van der Waals surface area contributed by atoms with Gasteiger partial charge in [0, 0.05) is 27.2 Å². The zero-order valence-corrected chi connectivity index (χ0v) is 11.4. The Morgan fingerprint density at radius 3 is 2.44 bits per heavy atom. The van der Waals surface area contributed by atoms with Crippen molar-refractivity contribution < 1.29 is 8.42 Å². The lowest BCUT2D eigenvalue weighted by molar-refractivity contribution is 0.527. The van der Waals surface area contributed by atoms with Crippen LogP contribution in [0.4, 0.5) is 11.5 Å². The van der Waals surface area contributed by atoms with Crippen molar-refractivity contribution in [2.75, 3.05) is 36.8 Å². The molecule has 0 spiro atoms. The molecule has 0 saturated carbocycles. The van der Waals surface area contributed by atoms with Crippen LogP contribution >= 0.6 is 0 Å². The Balaban J connectivity index is 2.08. The van der Waals surface area contributed by atoms with Crippen LogP contribution in [-0.4, -0.2) is 44.9 Å². The van der Waals surface area contributed by atoms with E-state index in [1.165, 1.54) is 26.9 Å². The molecule has 1 aromatic heterocycles. The summed E-state index contributed by atoms with van der Waals surface area (Å²) in [6.07, 6.45) is 3.93. The lowest BCUT2D eigenvalue weighted by Crippen LogP contribution is -2.29. The highest BCUT2D eigenvalue weighted by Crippen LogP contribution is 2.19. The van der Waals surface area contributed by atoms with Crippen molar-refractivity contribution in [3.05, 3.63) is 18.3 Å². The molecule has 1 saturated heterocycles. The maximum atomic E-state index is 11.6. The van der Waals surface area contributed by atoms with E-state index in [9.17, 15) is 8.42 Å². The first kappa shape index (κ1) is 13.1. The summed E-state index contributed by atoms with van der Waals surface area (Å²) in [5.74, 6) is 0.903. The molecular formula is C11H18N4O2S. The molecule has 2 rings (SSSR count). The quantitative estimate of drug-likeness (QED) is 0.883. The Bertz CT molecular complexity index is 492. The molecule has 0 aliphatic carbocycles. The second-order valence-electron chi connectivity index (χ2n) is 4.49. The van der Waals surface area contributed by atoms with Crippen molar-refractivity contribution in [3.8, 4) is 0 Å². The normalized spacial score (nSPS) is 16.3. The minimum Gasteiger partial charge on any atom is -0.357 e. The summed E-state index contributed by atoms with van der Waals surface area (Å²) in [6, 6.07) is 3.58. The van der Waals surface area contributed by atoms with Crippen LogP contribution in [0.3, 0.4) is 0 Å². The second-order valence-corrected chi connectivity index (χ2v) is 6.37. The van der Waals surface area contributed by atoms with Crippen molar-refractivity contribution in [2.45, 2.75) is 12.8 Å². The highest BCUT2D eigenvalue weighted by Gasteiger charge is 2.15. The van der Waals surface area contributed by atoms with Crippen molar-refractivity contribution >= 4 is 21.7 Å². The van der Waals surface area contributed by atoms with Crippen LogP contribution in [-0.2, 0) is 10.2 Å². The predicted molar refractivity (Wildman–Crippen MR) is 71.9 cm³/mol. The monoisotopic (exact) mass is 270 g/mol. The molecule has 7 heteroatoms. The minimum absolute atomic E-state index is 0.478. The van der Waals surface area contributed by atoms with Gasteiger partial charge in [0.05, 0.1) is 11.9 Å². The van der Waals surface area contributed by atoms with Crippen molar-refractivity contribution in [2.24, 2.45) is 0 Å². The first-order chi connectivity index (χ1) is 8.49. The molecule has 0 radical (unpaired) electrons. The van der Waals surface area contributed by atoms with Crippen LogP contribution in [0.1, 0.15) is 12.8 Å². The molecule has 0 atom stereocenters. The average molecular weight is 270 g/mol. The van der Waals surface area contributed by atoms with E-state index in [0.29, 0.717) is 5.69 Å². The molecule has 1 aromatic rings. The fourth-order valence-electron chi connectivity index (χ4n) is 1.82. The summed E-state index contributed by atoms with van der Waals surface area (Å²) >= 11 is 0. The topological polar surface area (TPSA) is 65.5 Å². The van der Waals surface area contributed by atoms with Crippen LogP contribution in [0.5, 0.6) is 0 Å². The molecule has 2 heterocycles. The third-order valence-corrected chi connectivity index (χ3v) is 4.36. The summed E-state index contributed by atoms with van der Waals surface area (Å²) in [5.41, 5.74) is 0.478. The van der Waals surface area contributed by atoms with E-state index in [1.807, 2.05) is 6.07 Å². The predicted octanol–water partition coefficient (Wildman–Crippen LogP) is 0.900. The maximum absolute atomic E-state index is 11.6. The van der Waals surface area contributed by atoms with E-state index >= 15 is 0 Å². The highest BCUT2D eigenvalue weighted by molar-refractivity contribution is 7.90. The molecule has 1 aliphatic heterocycles. The highest BCUT2D eigenvalue weighted by atomic mass is 32.2. The number of hydrogen-bond acceptors (Lipinski definition) is 4. The lowest BCUT2D eigenvalue weighted by atomic mass is 10.4. The van der Waals surface area contributed by atoms with Crippen LogP contribution in [0, 0.1) is 0 Å². The van der Waals surface area contributed by atoms with Gasteiger partial charge in [-0.2, -0.15) is 12.7 Å². The Hall–Kier alpha value is -1.34. The van der Waals surface area contributed by atoms with Crippen LogP contribution in [0.15, 0.2) is 18.3 Å². The summed E-state index contributed by atoms with van der Waals surface area (Å²) in [7, 11) is -0.492. The summed E-state index contributed by atoms with van der Waals surface area (Å²) in [4.78, 5) is 6.48. The summed E-state index contributed by atoms with van der Waals surface area (Å²) < 4.78 is 26.8. The Kier molecular flexibility index (Phi) is 3.72.